The van der Waals surface area contributed by atoms with Crippen LogP contribution >= 0.6 is 0 Å². The van der Waals surface area contributed by atoms with Crippen molar-refractivity contribution >= 4 is 17.6 Å². The summed E-state index contributed by atoms with van der Waals surface area (Å²) in [5, 5.41) is 9.68. The van der Waals surface area contributed by atoms with Crippen LogP contribution in [0.1, 0.15) is 23.6 Å². The molecule has 0 bridgehead atoms. The van der Waals surface area contributed by atoms with Gasteiger partial charge in [0.15, 0.2) is 11.5 Å². The highest BCUT2D eigenvalue weighted by Gasteiger charge is 2.15. The number of carbonyl (C=O) groups is 1. The zero-order valence-corrected chi connectivity index (χ0v) is 14.8. The van der Waals surface area contributed by atoms with Gasteiger partial charge in [-0.3, -0.25) is 0 Å². The summed E-state index contributed by atoms with van der Waals surface area (Å²) < 4.78 is 16.2. The molecule has 25 heavy (non-hydrogen) atoms. The molecular weight excluding hydrogens is 320 g/mol. The number of carboxylic acids is 1. The normalized spacial score (nSPS) is 11.1. The molecule has 0 atom stereocenters. The predicted molar refractivity (Wildman–Crippen MR) is 97.4 cm³/mol. The Bertz CT molecular complexity index is 793. The average molecular weight is 342 g/mol. The average Bonchev–Trinajstić information content (AvgIpc) is 2.60. The van der Waals surface area contributed by atoms with Gasteiger partial charge in [0.1, 0.15) is 5.75 Å². The second-order valence-corrected chi connectivity index (χ2v) is 5.36. The highest BCUT2D eigenvalue weighted by Crippen LogP contribution is 2.34. The molecule has 0 aliphatic heterocycles. The quantitative estimate of drug-likeness (QED) is 0.608. The third-order valence-corrected chi connectivity index (χ3v) is 3.75. The fourth-order valence-corrected chi connectivity index (χ4v) is 2.58. The summed E-state index contributed by atoms with van der Waals surface area (Å²) in [5.74, 6) is 0.780. The van der Waals surface area contributed by atoms with Crippen molar-refractivity contribution in [3.63, 3.8) is 0 Å². The largest absolute Gasteiger partial charge is 0.496 e. The number of aryl methyl sites for hydroxylation is 1. The van der Waals surface area contributed by atoms with Crippen LogP contribution in [0.25, 0.3) is 11.6 Å². The Balaban J connectivity index is 2.58. The van der Waals surface area contributed by atoms with E-state index in [1.54, 1.807) is 56.7 Å². The molecule has 0 radical (unpaired) electrons. The Labute approximate surface area is 147 Å². The van der Waals surface area contributed by atoms with Crippen LogP contribution in [-0.4, -0.2) is 31.9 Å². The lowest BCUT2D eigenvalue weighted by Crippen LogP contribution is -2.02. The van der Waals surface area contributed by atoms with Crippen LogP contribution in [0, 0.1) is 6.92 Å². The summed E-state index contributed by atoms with van der Waals surface area (Å²) in [6.07, 6.45) is 1.59. The summed E-state index contributed by atoms with van der Waals surface area (Å²) in [6, 6.07) is 10.7. The summed E-state index contributed by atoms with van der Waals surface area (Å²) >= 11 is 0. The molecule has 0 unspecified atom stereocenters. The highest BCUT2D eigenvalue weighted by molar-refractivity contribution is 6.21. The van der Waals surface area contributed by atoms with E-state index in [1.165, 1.54) is 0 Å². The maximum atomic E-state index is 11.8. The van der Waals surface area contributed by atoms with Gasteiger partial charge in [-0.1, -0.05) is 18.2 Å². The first-order valence-corrected chi connectivity index (χ1v) is 7.91. The molecule has 0 spiro atoms. The van der Waals surface area contributed by atoms with Crippen molar-refractivity contribution in [1.29, 1.82) is 0 Å². The minimum atomic E-state index is -1.02. The first-order chi connectivity index (χ1) is 12.0. The molecule has 0 amide bonds. The van der Waals surface area contributed by atoms with E-state index in [0.29, 0.717) is 35.0 Å². The molecule has 2 aromatic rings. The number of rotatable bonds is 7. The van der Waals surface area contributed by atoms with Gasteiger partial charge in [0.25, 0.3) is 0 Å². The number of methoxy groups -OCH3 is 2. The molecule has 0 aliphatic carbocycles. The standard InChI is InChI=1S/C20H22O5/c1-5-25-19-15(7-6-8-18(19)24-4)12-16(20(21)22)14-9-10-17(23-3)13(2)11-14/h6-12H,5H2,1-4H3,(H,21,22)/b16-12-. The molecule has 0 saturated carbocycles. The fraction of sp³-hybridized carbons (Fsp3) is 0.250. The summed E-state index contributed by atoms with van der Waals surface area (Å²) in [5.41, 5.74) is 2.27. The molecule has 0 heterocycles. The van der Waals surface area contributed by atoms with Crippen LogP contribution in [0.15, 0.2) is 36.4 Å². The lowest BCUT2D eigenvalue weighted by atomic mass is 10.00. The smallest absolute Gasteiger partial charge is 0.336 e. The third kappa shape index (κ3) is 4.12. The van der Waals surface area contributed by atoms with Crippen molar-refractivity contribution in [2.45, 2.75) is 13.8 Å². The number of ether oxygens (including phenoxy) is 3. The monoisotopic (exact) mass is 342 g/mol. The van der Waals surface area contributed by atoms with Gasteiger partial charge < -0.3 is 19.3 Å². The van der Waals surface area contributed by atoms with Gasteiger partial charge >= 0.3 is 5.97 Å². The fourth-order valence-electron chi connectivity index (χ4n) is 2.58. The molecule has 1 N–H and O–H groups in total. The number of hydrogen-bond donors (Lipinski definition) is 1. The van der Waals surface area contributed by atoms with E-state index in [4.69, 9.17) is 14.2 Å². The minimum Gasteiger partial charge on any atom is -0.496 e. The SMILES string of the molecule is CCOc1c(/C=C(\C(=O)O)c2ccc(OC)c(C)c2)cccc1OC. The molecule has 0 saturated heterocycles. The van der Waals surface area contributed by atoms with Crippen LogP contribution in [0.2, 0.25) is 0 Å². The Hall–Kier alpha value is -2.95. The van der Waals surface area contributed by atoms with Crippen molar-refractivity contribution in [2.75, 3.05) is 20.8 Å². The van der Waals surface area contributed by atoms with Gasteiger partial charge in [-0.15, -0.1) is 0 Å². The zero-order valence-electron chi connectivity index (χ0n) is 14.8. The molecule has 2 aromatic carbocycles. The van der Waals surface area contributed by atoms with E-state index in [9.17, 15) is 9.90 Å². The van der Waals surface area contributed by atoms with Crippen LogP contribution in [0.3, 0.4) is 0 Å². The molecule has 5 nitrogen and oxygen atoms in total. The van der Waals surface area contributed by atoms with E-state index in [-0.39, 0.29) is 5.57 Å². The number of aliphatic carboxylic acids is 1. The molecule has 132 valence electrons. The van der Waals surface area contributed by atoms with Crippen molar-refractivity contribution in [2.24, 2.45) is 0 Å². The van der Waals surface area contributed by atoms with Gasteiger partial charge in [-0.25, -0.2) is 4.79 Å². The first kappa shape index (κ1) is 18.4. The van der Waals surface area contributed by atoms with Crippen molar-refractivity contribution in [3.05, 3.63) is 53.1 Å². The third-order valence-electron chi connectivity index (χ3n) is 3.75. The lowest BCUT2D eigenvalue weighted by molar-refractivity contribution is -0.130. The highest BCUT2D eigenvalue weighted by atomic mass is 16.5. The van der Waals surface area contributed by atoms with Crippen LogP contribution in [0.5, 0.6) is 17.2 Å². The van der Waals surface area contributed by atoms with Gasteiger partial charge in [0, 0.05) is 5.56 Å². The second-order valence-electron chi connectivity index (χ2n) is 5.36. The molecule has 5 heteroatoms. The maximum Gasteiger partial charge on any atom is 0.336 e. The van der Waals surface area contributed by atoms with Crippen LogP contribution in [0.4, 0.5) is 0 Å². The number of hydrogen-bond acceptors (Lipinski definition) is 4. The Kier molecular flexibility index (Phi) is 6.06. The van der Waals surface area contributed by atoms with Gasteiger partial charge in [-0.05, 0) is 49.2 Å². The minimum absolute atomic E-state index is 0.167. The molecule has 2 rings (SSSR count). The Morgan fingerprint density at radius 1 is 1.12 bits per heavy atom. The summed E-state index contributed by atoms with van der Waals surface area (Å²) in [4.78, 5) is 11.8. The van der Waals surface area contributed by atoms with Gasteiger partial charge in [0.05, 0.1) is 26.4 Å². The number of benzene rings is 2. The summed E-state index contributed by atoms with van der Waals surface area (Å²) in [6.45, 7) is 4.19. The van der Waals surface area contributed by atoms with Crippen LogP contribution in [-0.2, 0) is 4.79 Å². The van der Waals surface area contributed by atoms with Gasteiger partial charge in [-0.2, -0.15) is 0 Å². The van der Waals surface area contributed by atoms with Crippen molar-refractivity contribution in [3.8, 4) is 17.2 Å². The molecular formula is C20H22O5. The van der Waals surface area contributed by atoms with Crippen molar-refractivity contribution in [1.82, 2.24) is 0 Å². The predicted octanol–water partition coefficient (Wildman–Crippen LogP) is 4.04. The Morgan fingerprint density at radius 3 is 2.40 bits per heavy atom. The molecule has 0 aromatic heterocycles. The van der Waals surface area contributed by atoms with Crippen LogP contribution < -0.4 is 14.2 Å². The first-order valence-electron chi connectivity index (χ1n) is 7.91. The summed E-state index contributed by atoms with van der Waals surface area (Å²) in [7, 11) is 3.14. The molecule has 0 fully saturated rings. The van der Waals surface area contributed by atoms with Gasteiger partial charge in [0.2, 0.25) is 0 Å². The van der Waals surface area contributed by atoms with E-state index in [0.717, 1.165) is 5.56 Å². The number of carboxylic acid groups (broad SMARTS) is 1. The lowest BCUT2D eigenvalue weighted by Gasteiger charge is -2.13. The molecule has 0 aliphatic rings. The zero-order chi connectivity index (χ0) is 18.4. The topological polar surface area (TPSA) is 65.0 Å². The Morgan fingerprint density at radius 2 is 1.84 bits per heavy atom. The second kappa shape index (κ2) is 8.24. The van der Waals surface area contributed by atoms with E-state index >= 15 is 0 Å². The maximum absolute atomic E-state index is 11.8. The van der Waals surface area contributed by atoms with E-state index in [2.05, 4.69) is 0 Å². The van der Waals surface area contributed by atoms with Crippen molar-refractivity contribution < 1.29 is 24.1 Å². The van der Waals surface area contributed by atoms with E-state index < -0.39 is 5.97 Å². The number of para-hydroxylation sites is 1. The van der Waals surface area contributed by atoms with E-state index in [1.807, 2.05) is 13.8 Å².